The molecular weight excluding hydrogens is 382 g/mol. The number of esters is 1. The van der Waals surface area contributed by atoms with E-state index >= 15 is 0 Å². The van der Waals surface area contributed by atoms with E-state index in [1.807, 2.05) is 6.92 Å². The number of aromatic amines is 1. The molecule has 2 N–H and O–H groups in total. The van der Waals surface area contributed by atoms with Gasteiger partial charge in [0, 0.05) is 22.6 Å². The molecule has 2 aromatic carbocycles. The molecule has 3 aromatic rings. The molecule has 1 heterocycles. The number of amides is 1. The molecule has 1 aromatic heterocycles. The number of hydrogen-bond donors (Lipinski definition) is 2. The molecule has 0 unspecified atom stereocenters. The fourth-order valence-electron chi connectivity index (χ4n) is 2.61. The molecule has 144 valence electrons. The lowest BCUT2D eigenvalue weighted by atomic mass is 10.2. The number of benzene rings is 2. The Labute approximate surface area is 165 Å². The van der Waals surface area contributed by atoms with E-state index < -0.39 is 18.5 Å². The summed E-state index contributed by atoms with van der Waals surface area (Å²) in [5.74, 6) is -1.11. The summed E-state index contributed by atoms with van der Waals surface area (Å²) in [7, 11) is 0. The Morgan fingerprint density at radius 1 is 1.14 bits per heavy atom. The molecule has 8 heteroatoms. The lowest BCUT2D eigenvalue weighted by molar-refractivity contribution is -0.119. The highest BCUT2D eigenvalue weighted by atomic mass is 35.5. The summed E-state index contributed by atoms with van der Waals surface area (Å²) >= 11 is 6.01. The molecule has 0 saturated heterocycles. The van der Waals surface area contributed by atoms with Gasteiger partial charge in [0.25, 0.3) is 5.91 Å². The lowest BCUT2D eigenvalue weighted by Crippen LogP contribution is -2.21. The quantitative estimate of drug-likeness (QED) is 0.644. The van der Waals surface area contributed by atoms with E-state index in [1.54, 1.807) is 43.5 Å². The number of H-pyrrole nitrogens is 1. The van der Waals surface area contributed by atoms with Crippen molar-refractivity contribution in [2.24, 2.45) is 0 Å². The number of nitrogens with one attached hydrogen (secondary N) is 2. The Morgan fingerprint density at radius 2 is 1.86 bits per heavy atom. The minimum atomic E-state index is -0.637. The fourth-order valence-corrected chi connectivity index (χ4v) is 2.79. The highest BCUT2D eigenvalue weighted by Crippen LogP contribution is 2.19. The van der Waals surface area contributed by atoms with Crippen LogP contribution in [0.15, 0.2) is 53.5 Å². The van der Waals surface area contributed by atoms with Gasteiger partial charge in [0.05, 0.1) is 11.3 Å². The molecule has 28 heavy (non-hydrogen) atoms. The van der Waals surface area contributed by atoms with Crippen molar-refractivity contribution in [2.45, 2.75) is 13.8 Å². The summed E-state index contributed by atoms with van der Waals surface area (Å²) in [6.07, 6.45) is 1.60. The number of anilines is 1. The number of aryl methyl sites for hydroxylation is 2. The van der Waals surface area contributed by atoms with Crippen LogP contribution in [0.1, 0.15) is 21.6 Å². The molecule has 0 atom stereocenters. The van der Waals surface area contributed by atoms with Crippen LogP contribution in [-0.4, -0.2) is 28.0 Å². The maximum Gasteiger partial charge on any atom is 0.338 e. The molecular formula is C20H18ClN3O4. The number of hydrogen-bond acceptors (Lipinski definition) is 4. The monoisotopic (exact) mass is 399 g/mol. The first kappa shape index (κ1) is 19.4. The molecule has 0 spiro atoms. The van der Waals surface area contributed by atoms with Gasteiger partial charge in [-0.15, -0.1) is 0 Å². The Balaban J connectivity index is 1.59. The number of carbonyl (C=O) groups excluding carboxylic acids is 2. The summed E-state index contributed by atoms with van der Waals surface area (Å²) < 4.78 is 6.52. The van der Waals surface area contributed by atoms with Gasteiger partial charge in [0.15, 0.2) is 6.61 Å². The van der Waals surface area contributed by atoms with E-state index in [4.69, 9.17) is 16.3 Å². The van der Waals surface area contributed by atoms with Gasteiger partial charge in [-0.3, -0.25) is 9.36 Å². The van der Waals surface area contributed by atoms with Crippen LogP contribution in [0.4, 0.5) is 5.69 Å². The zero-order chi connectivity index (χ0) is 20.3. The van der Waals surface area contributed by atoms with Crippen molar-refractivity contribution in [3.8, 4) is 5.69 Å². The minimum absolute atomic E-state index is 0.263. The summed E-state index contributed by atoms with van der Waals surface area (Å²) in [5, 5.41) is 3.15. The van der Waals surface area contributed by atoms with Crippen LogP contribution in [0.3, 0.4) is 0 Å². The Kier molecular flexibility index (Phi) is 5.65. The second kappa shape index (κ2) is 8.14. The van der Waals surface area contributed by atoms with Crippen LogP contribution in [0.2, 0.25) is 5.02 Å². The van der Waals surface area contributed by atoms with Crippen LogP contribution in [0, 0.1) is 13.8 Å². The minimum Gasteiger partial charge on any atom is -0.452 e. The molecule has 0 aliphatic heterocycles. The first-order chi connectivity index (χ1) is 13.3. The summed E-state index contributed by atoms with van der Waals surface area (Å²) in [5.41, 5.74) is 2.79. The van der Waals surface area contributed by atoms with E-state index in [9.17, 15) is 14.4 Å². The average Bonchev–Trinajstić information content (AvgIpc) is 3.01. The van der Waals surface area contributed by atoms with Crippen LogP contribution in [0.5, 0.6) is 0 Å². The Bertz CT molecular complexity index is 1080. The van der Waals surface area contributed by atoms with E-state index in [0.717, 1.165) is 11.3 Å². The molecule has 0 bridgehead atoms. The van der Waals surface area contributed by atoms with Crippen molar-refractivity contribution in [1.82, 2.24) is 9.55 Å². The number of carbonyl (C=O) groups is 2. The zero-order valence-electron chi connectivity index (χ0n) is 15.3. The Morgan fingerprint density at radius 3 is 2.46 bits per heavy atom. The van der Waals surface area contributed by atoms with Crippen LogP contribution < -0.4 is 11.0 Å². The van der Waals surface area contributed by atoms with Gasteiger partial charge in [-0.25, -0.2) is 9.59 Å². The van der Waals surface area contributed by atoms with Crippen LogP contribution in [-0.2, 0) is 9.53 Å². The SMILES string of the molecule is Cc1ccc(NC(=O)COC(=O)c2ccc(-n3c(C)c[nH]c3=O)cc2)cc1Cl. The van der Waals surface area contributed by atoms with Gasteiger partial charge in [-0.05, 0) is 55.8 Å². The second-order valence-corrected chi connectivity index (χ2v) is 6.61. The van der Waals surface area contributed by atoms with E-state index in [1.165, 1.54) is 16.7 Å². The molecule has 0 saturated carbocycles. The molecule has 0 aliphatic rings. The molecule has 1 amide bonds. The van der Waals surface area contributed by atoms with Crippen molar-refractivity contribution in [2.75, 3.05) is 11.9 Å². The first-order valence-electron chi connectivity index (χ1n) is 8.46. The highest BCUT2D eigenvalue weighted by molar-refractivity contribution is 6.31. The second-order valence-electron chi connectivity index (χ2n) is 6.21. The number of halogens is 1. The normalized spacial score (nSPS) is 10.5. The highest BCUT2D eigenvalue weighted by Gasteiger charge is 2.12. The van der Waals surface area contributed by atoms with E-state index in [2.05, 4.69) is 10.3 Å². The third kappa shape index (κ3) is 4.32. The molecule has 0 aliphatic carbocycles. The largest absolute Gasteiger partial charge is 0.452 e. The summed E-state index contributed by atoms with van der Waals surface area (Å²) in [4.78, 5) is 38.5. The smallest absolute Gasteiger partial charge is 0.338 e. The molecule has 0 fully saturated rings. The molecule has 0 radical (unpaired) electrons. The molecule has 7 nitrogen and oxygen atoms in total. The van der Waals surface area contributed by atoms with Crippen molar-refractivity contribution >= 4 is 29.2 Å². The van der Waals surface area contributed by atoms with Gasteiger partial charge in [-0.2, -0.15) is 0 Å². The van der Waals surface area contributed by atoms with Gasteiger partial charge in [-0.1, -0.05) is 17.7 Å². The predicted molar refractivity (Wildman–Crippen MR) is 106 cm³/mol. The number of nitrogens with zero attached hydrogens (tertiary/aromatic N) is 1. The van der Waals surface area contributed by atoms with Crippen molar-refractivity contribution < 1.29 is 14.3 Å². The van der Waals surface area contributed by atoms with Crippen molar-refractivity contribution in [3.63, 3.8) is 0 Å². The number of rotatable bonds is 5. The van der Waals surface area contributed by atoms with Gasteiger partial charge < -0.3 is 15.0 Å². The van der Waals surface area contributed by atoms with Crippen molar-refractivity contribution in [3.05, 3.63) is 81.0 Å². The van der Waals surface area contributed by atoms with Gasteiger partial charge in [0.1, 0.15) is 0 Å². The number of ether oxygens (including phenoxy) is 1. The number of aromatic nitrogens is 2. The predicted octanol–water partition coefficient (Wildman–Crippen LogP) is 3.23. The average molecular weight is 400 g/mol. The number of imidazole rings is 1. The standard InChI is InChI=1S/C20H18ClN3O4/c1-12-3-6-15(9-17(12)21)23-18(25)11-28-19(26)14-4-7-16(8-5-14)24-13(2)10-22-20(24)27/h3-10H,11H2,1-2H3,(H,22,27)(H,23,25). The Hall–Kier alpha value is -3.32. The molecule has 3 rings (SSSR count). The zero-order valence-corrected chi connectivity index (χ0v) is 16.0. The van der Waals surface area contributed by atoms with E-state index in [0.29, 0.717) is 16.4 Å². The van der Waals surface area contributed by atoms with Crippen LogP contribution >= 0.6 is 11.6 Å². The third-order valence-corrected chi connectivity index (χ3v) is 4.52. The van der Waals surface area contributed by atoms with Gasteiger partial charge in [0.2, 0.25) is 0 Å². The summed E-state index contributed by atoms with van der Waals surface area (Å²) in [6, 6.07) is 11.5. The first-order valence-corrected chi connectivity index (χ1v) is 8.83. The van der Waals surface area contributed by atoms with Crippen molar-refractivity contribution in [1.29, 1.82) is 0 Å². The fraction of sp³-hybridized carbons (Fsp3) is 0.150. The van der Waals surface area contributed by atoms with Crippen LogP contribution in [0.25, 0.3) is 5.69 Å². The topological polar surface area (TPSA) is 93.2 Å². The lowest BCUT2D eigenvalue weighted by Gasteiger charge is -2.08. The maximum absolute atomic E-state index is 12.1. The van der Waals surface area contributed by atoms with E-state index in [-0.39, 0.29) is 11.3 Å². The van der Waals surface area contributed by atoms with Gasteiger partial charge >= 0.3 is 11.7 Å². The maximum atomic E-state index is 12.1. The summed E-state index contributed by atoms with van der Waals surface area (Å²) in [6.45, 7) is 3.22. The third-order valence-electron chi connectivity index (χ3n) is 4.11.